The van der Waals surface area contributed by atoms with Crippen molar-refractivity contribution in [3.63, 3.8) is 0 Å². The molecule has 1 aliphatic heterocycles. The number of methoxy groups -OCH3 is 1. The SMILES string of the molecule is CNCCN1CCN(c2ccnc3ccc(OC)nc23)CC1. The molecule has 2 aromatic rings. The molecule has 3 rings (SSSR count). The number of anilines is 1. The van der Waals surface area contributed by atoms with Gasteiger partial charge in [0.25, 0.3) is 0 Å². The molecule has 0 amide bonds. The lowest BCUT2D eigenvalue weighted by Gasteiger charge is -2.36. The average Bonchev–Trinajstić information content (AvgIpc) is 2.59. The van der Waals surface area contributed by atoms with Gasteiger partial charge in [0.15, 0.2) is 0 Å². The van der Waals surface area contributed by atoms with Crippen molar-refractivity contribution in [1.82, 2.24) is 20.2 Å². The summed E-state index contributed by atoms with van der Waals surface area (Å²) in [5.74, 6) is 0.634. The number of piperazine rings is 1. The third-order valence-corrected chi connectivity index (χ3v) is 4.14. The highest BCUT2D eigenvalue weighted by Gasteiger charge is 2.19. The predicted molar refractivity (Wildman–Crippen MR) is 88.7 cm³/mol. The number of nitrogens with one attached hydrogen (secondary N) is 1. The lowest BCUT2D eigenvalue weighted by molar-refractivity contribution is 0.260. The third-order valence-electron chi connectivity index (χ3n) is 4.14. The largest absolute Gasteiger partial charge is 0.481 e. The fourth-order valence-electron chi connectivity index (χ4n) is 2.84. The number of nitrogens with zero attached hydrogens (tertiary/aromatic N) is 4. The van der Waals surface area contributed by atoms with Crippen molar-refractivity contribution in [2.24, 2.45) is 0 Å². The van der Waals surface area contributed by atoms with Crippen LogP contribution in [0, 0.1) is 0 Å². The standard InChI is InChI=1S/C16H23N5O/c1-17-7-8-20-9-11-21(12-10-20)14-5-6-18-13-3-4-15(22-2)19-16(13)14/h3-6,17H,7-12H2,1-2H3. The summed E-state index contributed by atoms with van der Waals surface area (Å²) in [4.78, 5) is 13.9. The van der Waals surface area contributed by atoms with Crippen LogP contribution in [0.3, 0.4) is 0 Å². The molecule has 0 spiro atoms. The van der Waals surface area contributed by atoms with Crippen LogP contribution in [0.15, 0.2) is 24.4 Å². The van der Waals surface area contributed by atoms with Gasteiger partial charge < -0.3 is 15.0 Å². The zero-order valence-corrected chi connectivity index (χ0v) is 13.2. The maximum absolute atomic E-state index is 5.25. The van der Waals surface area contributed by atoms with Crippen LogP contribution in [-0.2, 0) is 0 Å². The molecule has 0 aromatic carbocycles. The second kappa shape index (κ2) is 6.89. The van der Waals surface area contributed by atoms with Crippen LogP contribution in [0.4, 0.5) is 5.69 Å². The molecule has 6 nitrogen and oxygen atoms in total. The first kappa shape index (κ1) is 15.0. The Morgan fingerprint density at radius 3 is 2.73 bits per heavy atom. The average molecular weight is 301 g/mol. The second-order valence-corrected chi connectivity index (χ2v) is 5.48. The van der Waals surface area contributed by atoms with E-state index in [9.17, 15) is 0 Å². The van der Waals surface area contributed by atoms with Crippen LogP contribution >= 0.6 is 0 Å². The molecular weight excluding hydrogens is 278 g/mol. The summed E-state index contributed by atoms with van der Waals surface area (Å²) < 4.78 is 5.25. The van der Waals surface area contributed by atoms with Crippen LogP contribution in [0.2, 0.25) is 0 Å². The Kier molecular flexibility index (Phi) is 4.70. The van der Waals surface area contributed by atoms with Gasteiger partial charge >= 0.3 is 0 Å². The maximum Gasteiger partial charge on any atom is 0.213 e. The third kappa shape index (κ3) is 3.13. The highest BCUT2D eigenvalue weighted by Crippen LogP contribution is 2.26. The molecule has 118 valence electrons. The van der Waals surface area contributed by atoms with Crippen LogP contribution in [0.1, 0.15) is 0 Å². The summed E-state index contributed by atoms with van der Waals surface area (Å²) in [6, 6.07) is 5.88. The van der Waals surface area contributed by atoms with E-state index in [0.717, 1.165) is 56.0 Å². The Morgan fingerprint density at radius 2 is 2.00 bits per heavy atom. The monoisotopic (exact) mass is 301 g/mol. The van der Waals surface area contributed by atoms with Crippen molar-refractivity contribution in [2.75, 3.05) is 58.3 Å². The molecule has 6 heteroatoms. The zero-order valence-electron chi connectivity index (χ0n) is 13.2. The van der Waals surface area contributed by atoms with Crippen LogP contribution in [-0.4, -0.2) is 68.3 Å². The summed E-state index contributed by atoms with van der Waals surface area (Å²) >= 11 is 0. The summed E-state index contributed by atoms with van der Waals surface area (Å²) in [5, 5.41) is 3.21. The second-order valence-electron chi connectivity index (χ2n) is 5.48. The van der Waals surface area contributed by atoms with Crippen molar-refractivity contribution in [1.29, 1.82) is 0 Å². The number of hydrogen-bond acceptors (Lipinski definition) is 6. The van der Waals surface area contributed by atoms with Gasteiger partial charge in [-0.25, -0.2) is 4.98 Å². The minimum Gasteiger partial charge on any atom is -0.481 e. The number of aromatic nitrogens is 2. The summed E-state index contributed by atoms with van der Waals surface area (Å²) in [7, 11) is 3.64. The number of fused-ring (bicyclic) bond motifs is 1. The fraction of sp³-hybridized carbons (Fsp3) is 0.500. The van der Waals surface area contributed by atoms with E-state index in [1.807, 2.05) is 25.4 Å². The van der Waals surface area contributed by atoms with E-state index in [-0.39, 0.29) is 0 Å². The molecule has 1 aliphatic rings. The van der Waals surface area contributed by atoms with E-state index in [1.54, 1.807) is 7.11 Å². The number of pyridine rings is 2. The Balaban J connectivity index is 1.79. The lowest BCUT2D eigenvalue weighted by Crippen LogP contribution is -2.48. The predicted octanol–water partition coefficient (Wildman–Crippen LogP) is 0.980. The first-order valence-electron chi connectivity index (χ1n) is 7.73. The normalized spacial score (nSPS) is 16.2. The highest BCUT2D eigenvalue weighted by atomic mass is 16.5. The van der Waals surface area contributed by atoms with E-state index in [0.29, 0.717) is 5.88 Å². The Hall–Kier alpha value is -1.92. The van der Waals surface area contributed by atoms with Gasteiger partial charge in [-0.2, -0.15) is 0 Å². The van der Waals surface area contributed by atoms with Gasteiger partial charge in [-0.1, -0.05) is 0 Å². The smallest absolute Gasteiger partial charge is 0.213 e. The van der Waals surface area contributed by atoms with E-state index >= 15 is 0 Å². The van der Waals surface area contributed by atoms with Crippen molar-refractivity contribution in [2.45, 2.75) is 0 Å². The molecule has 3 heterocycles. The molecule has 1 N–H and O–H groups in total. The molecule has 1 saturated heterocycles. The van der Waals surface area contributed by atoms with Gasteiger partial charge in [-0.3, -0.25) is 9.88 Å². The van der Waals surface area contributed by atoms with Gasteiger partial charge in [-0.15, -0.1) is 0 Å². The van der Waals surface area contributed by atoms with Crippen molar-refractivity contribution < 1.29 is 4.74 Å². The molecule has 0 bridgehead atoms. The first-order chi connectivity index (χ1) is 10.8. The van der Waals surface area contributed by atoms with Gasteiger partial charge in [0.2, 0.25) is 5.88 Å². The quantitative estimate of drug-likeness (QED) is 0.888. The van der Waals surface area contributed by atoms with Crippen LogP contribution < -0.4 is 15.0 Å². The topological polar surface area (TPSA) is 53.5 Å². The van der Waals surface area contributed by atoms with E-state index in [4.69, 9.17) is 4.74 Å². The Labute approximate surface area is 131 Å². The molecule has 0 unspecified atom stereocenters. The molecule has 22 heavy (non-hydrogen) atoms. The highest BCUT2D eigenvalue weighted by molar-refractivity contribution is 5.88. The fourth-order valence-corrected chi connectivity index (χ4v) is 2.84. The van der Waals surface area contributed by atoms with Gasteiger partial charge in [0, 0.05) is 51.5 Å². The maximum atomic E-state index is 5.25. The zero-order chi connectivity index (χ0) is 15.4. The van der Waals surface area contributed by atoms with E-state index in [2.05, 4.69) is 31.2 Å². The summed E-state index contributed by atoms with van der Waals surface area (Å²) in [6.07, 6.45) is 1.86. The lowest BCUT2D eigenvalue weighted by atomic mass is 10.2. The minimum atomic E-state index is 0.634. The Morgan fingerprint density at radius 1 is 1.18 bits per heavy atom. The van der Waals surface area contributed by atoms with Crippen molar-refractivity contribution in [3.8, 4) is 5.88 Å². The van der Waals surface area contributed by atoms with Crippen molar-refractivity contribution in [3.05, 3.63) is 24.4 Å². The molecule has 0 atom stereocenters. The van der Waals surface area contributed by atoms with Gasteiger partial charge in [0.1, 0.15) is 5.52 Å². The molecule has 2 aromatic heterocycles. The molecule has 0 radical (unpaired) electrons. The molecule has 0 saturated carbocycles. The molecular formula is C16H23N5O. The molecule has 1 fully saturated rings. The van der Waals surface area contributed by atoms with Gasteiger partial charge in [0.05, 0.1) is 18.3 Å². The first-order valence-corrected chi connectivity index (χ1v) is 7.73. The molecule has 0 aliphatic carbocycles. The summed E-state index contributed by atoms with van der Waals surface area (Å²) in [5.41, 5.74) is 2.98. The van der Waals surface area contributed by atoms with Crippen LogP contribution in [0.5, 0.6) is 5.88 Å². The van der Waals surface area contributed by atoms with E-state index in [1.165, 1.54) is 0 Å². The van der Waals surface area contributed by atoms with Crippen LogP contribution in [0.25, 0.3) is 11.0 Å². The van der Waals surface area contributed by atoms with Gasteiger partial charge in [-0.05, 0) is 19.2 Å². The van der Waals surface area contributed by atoms with E-state index < -0.39 is 0 Å². The number of rotatable bonds is 5. The Bertz CT molecular complexity index is 625. The number of likely N-dealkylation sites (N-methyl/N-ethyl adjacent to an activating group) is 1. The minimum absolute atomic E-state index is 0.634. The van der Waals surface area contributed by atoms with Crippen molar-refractivity contribution >= 4 is 16.7 Å². The number of hydrogen-bond donors (Lipinski definition) is 1. The summed E-state index contributed by atoms with van der Waals surface area (Å²) in [6.45, 7) is 6.33. The number of ether oxygens (including phenoxy) is 1.